The Morgan fingerprint density at radius 2 is 1.85 bits per heavy atom. The lowest BCUT2D eigenvalue weighted by Gasteiger charge is -2.24. The standard InChI is InChI=1S/C15H27N3O.ClH/c16-14-7-6-11-8-18(9-13(11)14)10-15(19)17-12-4-2-1-3-5-12;/h11-14H,1-10,16H2,(H,17,19);1H. The van der Waals surface area contributed by atoms with Crippen molar-refractivity contribution in [2.24, 2.45) is 17.6 Å². The summed E-state index contributed by atoms with van der Waals surface area (Å²) in [4.78, 5) is 14.4. The van der Waals surface area contributed by atoms with Gasteiger partial charge >= 0.3 is 0 Å². The summed E-state index contributed by atoms with van der Waals surface area (Å²) < 4.78 is 0. The molecule has 0 aromatic carbocycles. The zero-order chi connectivity index (χ0) is 13.2. The molecule has 20 heavy (non-hydrogen) atoms. The Morgan fingerprint density at radius 1 is 1.10 bits per heavy atom. The van der Waals surface area contributed by atoms with Gasteiger partial charge in [-0.3, -0.25) is 9.69 Å². The third-order valence-electron chi connectivity index (χ3n) is 5.33. The van der Waals surface area contributed by atoms with Crippen molar-refractivity contribution in [3.05, 3.63) is 0 Å². The van der Waals surface area contributed by atoms with E-state index in [0.717, 1.165) is 19.0 Å². The number of likely N-dealkylation sites (tertiary alicyclic amines) is 1. The molecule has 1 heterocycles. The van der Waals surface area contributed by atoms with Crippen LogP contribution in [0, 0.1) is 11.8 Å². The number of hydrogen-bond acceptors (Lipinski definition) is 3. The van der Waals surface area contributed by atoms with Crippen LogP contribution in [-0.2, 0) is 4.79 Å². The summed E-state index contributed by atoms with van der Waals surface area (Å²) >= 11 is 0. The molecule has 3 unspecified atom stereocenters. The van der Waals surface area contributed by atoms with E-state index in [1.165, 1.54) is 44.9 Å². The van der Waals surface area contributed by atoms with E-state index in [4.69, 9.17) is 5.73 Å². The molecule has 0 spiro atoms. The number of nitrogens with zero attached hydrogens (tertiary/aromatic N) is 1. The molecule has 4 nitrogen and oxygen atoms in total. The normalized spacial score (nSPS) is 34.5. The molecule has 0 radical (unpaired) electrons. The van der Waals surface area contributed by atoms with Gasteiger partial charge in [-0.1, -0.05) is 19.3 Å². The monoisotopic (exact) mass is 301 g/mol. The van der Waals surface area contributed by atoms with Crippen molar-refractivity contribution in [1.29, 1.82) is 0 Å². The highest BCUT2D eigenvalue weighted by Crippen LogP contribution is 2.36. The van der Waals surface area contributed by atoms with E-state index in [1.54, 1.807) is 0 Å². The molecule has 0 aromatic rings. The van der Waals surface area contributed by atoms with Crippen LogP contribution in [-0.4, -0.2) is 42.5 Å². The molecule has 1 amide bonds. The number of fused-ring (bicyclic) bond motifs is 1. The van der Waals surface area contributed by atoms with Crippen LogP contribution in [0.3, 0.4) is 0 Å². The lowest BCUT2D eigenvalue weighted by atomic mass is 9.95. The van der Waals surface area contributed by atoms with E-state index >= 15 is 0 Å². The van der Waals surface area contributed by atoms with Gasteiger partial charge in [-0.15, -0.1) is 12.4 Å². The Hall–Kier alpha value is -0.320. The third-order valence-corrected chi connectivity index (χ3v) is 5.33. The van der Waals surface area contributed by atoms with Crippen molar-refractivity contribution >= 4 is 18.3 Å². The molecular weight excluding hydrogens is 274 g/mol. The first-order valence-electron chi connectivity index (χ1n) is 7.99. The van der Waals surface area contributed by atoms with E-state index in [2.05, 4.69) is 10.2 Å². The average Bonchev–Trinajstić information content (AvgIpc) is 2.93. The fourth-order valence-corrected chi connectivity index (χ4v) is 4.25. The summed E-state index contributed by atoms with van der Waals surface area (Å²) in [6.07, 6.45) is 8.65. The first kappa shape index (κ1) is 16.1. The van der Waals surface area contributed by atoms with Crippen LogP contribution in [0.15, 0.2) is 0 Å². The van der Waals surface area contributed by atoms with E-state index in [0.29, 0.717) is 24.5 Å². The van der Waals surface area contributed by atoms with Crippen LogP contribution in [0.2, 0.25) is 0 Å². The van der Waals surface area contributed by atoms with Gasteiger partial charge in [0.2, 0.25) is 5.91 Å². The fraction of sp³-hybridized carbons (Fsp3) is 0.933. The van der Waals surface area contributed by atoms with Gasteiger partial charge < -0.3 is 11.1 Å². The zero-order valence-corrected chi connectivity index (χ0v) is 13.0. The third kappa shape index (κ3) is 3.66. The number of halogens is 1. The highest BCUT2D eigenvalue weighted by Gasteiger charge is 2.41. The summed E-state index contributed by atoms with van der Waals surface area (Å²) in [5.41, 5.74) is 6.14. The molecule has 3 atom stereocenters. The topological polar surface area (TPSA) is 58.4 Å². The predicted molar refractivity (Wildman–Crippen MR) is 82.9 cm³/mol. The molecule has 0 bridgehead atoms. The molecular formula is C15H28ClN3O. The highest BCUT2D eigenvalue weighted by atomic mass is 35.5. The average molecular weight is 302 g/mol. The number of nitrogens with two attached hydrogens (primary N) is 1. The summed E-state index contributed by atoms with van der Waals surface area (Å²) in [5.74, 6) is 1.61. The maximum absolute atomic E-state index is 12.1. The van der Waals surface area contributed by atoms with E-state index < -0.39 is 0 Å². The van der Waals surface area contributed by atoms with Gasteiger partial charge in [0.25, 0.3) is 0 Å². The van der Waals surface area contributed by atoms with Crippen LogP contribution in [0.4, 0.5) is 0 Å². The largest absolute Gasteiger partial charge is 0.352 e. The number of amides is 1. The summed E-state index contributed by atoms with van der Waals surface area (Å²) in [6, 6.07) is 0.807. The first-order valence-corrected chi connectivity index (χ1v) is 7.99. The molecule has 3 aliphatic rings. The lowest BCUT2D eigenvalue weighted by Crippen LogP contribution is -2.42. The maximum atomic E-state index is 12.1. The number of carbonyl (C=O) groups is 1. The van der Waals surface area contributed by atoms with Crippen molar-refractivity contribution in [3.8, 4) is 0 Å². The minimum absolute atomic E-state index is 0. The van der Waals surface area contributed by atoms with Crippen LogP contribution < -0.4 is 11.1 Å². The highest BCUT2D eigenvalue weighted by molar-refractivity contribution is 5.85. The van der Waals surface area contributed by atoms with Crippen LogP contribution >= 0.6 is 12.4 Å². The molecule has 0 aromatic heterocycles. The van der Waals surface area contributed by atoms with Crippen molar-refractivity contribution < 1.29 is 4.79 Å². The lowest BCUT2D eigenvalue weighted by molar-refractivity contribution is -0.123. The van der Waals surface area contributed by atoms with Gasteiger partial charge in [-0.25, -0.2) is 0 Å². The molecule has 3 N–H and O–H groups in total. The predicted octanol–water partition coefficient (Wildman–Crippen LogP) is 1.53. The van der Waals surface area contributed by atoms with Gasteiger partial charge in [0, 0.05) is 25.2 Å². The molecule has 1 aliphatic heterocycles. The summed E-state index contributed by atoms with van der Waals surface area (Å²) in [6.45, 7) is 2.69. The maximum Gasteiger partial charge on any atom is 0.234 e. The number of hydrogen-bond donors (Lipinski definition) is 2. The van der Waals surface area contributed by atoms with Crippen molar-refractivity contribution in [1.82, 2.24) is 10.2 Å². The quantitative estimate of drug-likeness (QED) is 0.831. The SMILES string of the molecule is Cl.NC1CCC2CN(CC(=O)NC3CCCCC3)CC12. The Labute approximate surface area is 128 Å². The number of rotatable bonds is 3. The van der Waals surface area contributed by atoms with Crippen molar-refractivity contribution in [2.75, 3.05) is 19.6 Å². The molecule has 116 valence electrons. The smallest absolute Gasteiger partial charge is 0.234 e. The van der Waals surface area contributed by atoms with Crippen LogP contribution in [0.1, 0.15) is 44.9 Å². The van der Waals surface area contributed by atoms with E-state index in [-0.39, 0.29) is 18.3 Å². The van der Waals surface area contributed by atoms with Gasteiger partial charge in [-0.05, 0) is 37.5 Å². The Kier molecular flexibility index (Phi) is 5.70. The fourth-order valence-electron chi connectivity index (χ4n) is 4.25. The second-order valence-corrected chi connectivity index (χ2v) is 6.76. The minimum atomic E-state index is 0. The summed E-state index contributed by atoms with van der Waals surface area (Å²) in [5, 5.41) is 3.21. The Morgan fingerprint density at radius 3 is 2.55 bits per heavy atom. The van der Waals surface area contributed by atoms with Crippen LogP contribution in [0.25, 0.3) is 0 Å². The number of nitrogens with one attached hydrogen (secondary N) is 1. The Bertz CT molecular complexity index is 333. The Balaban J connectivity index is 0.00000147. The van der Waals surface area contributed by atoms with E-state index in [9.17, 15) is 4.79 Å². The molecule has 2 aliphatic carbocycles. The van der Waals surface area contributed by atoms with E-state index in [1.807, 2.05) is 0 Å². The molecule has 5 heteroatoms. The molecule has 2 saturated carbocycles. The van der Waals surface area contributed by atoms with Crippen molar-refractivity contribution in [3.63, 3.8) is 0 Å². The minimum Gasteiger partial charge on any atom is -0.352 e. The second-order valence-electron chi connectivity index (χ2n) is 6.76. The van der Waals surface area contributed by atoms with Gasteiger partial charge in [0.15, 0.2) is 0 Å². The van der Waals surface area contributed by atoms with Crippen molar-refractivity contribution in [2.45, 2.75) is 57.0 Å². The molecule has 3 fully saturated rings. The summed E-state index contributed by atoms with van der Waals surface area (Å²) in [7, 11) is 0. The van der Waals surface area contributed by atoms with Gasteiger partial charge in [0.05, 0.1) is 6.54 Å². The van der Waals surface area contributed by atoms with Crippen LogP contribution in [0.5, 0.6) is 0 Å². The molecule has 3 rings (SSSR count). The second kappa shape index (κ2) is 7.10. The first-order chi connectivity index (χ1) is 9.22. The van der Waals surface area contributed by atoms with Gasteiger partial charge in [-0.2, -0.15) is 0 Å². The molecule has 1 saturated heterocycles. The zero-order valence-electron chi connectivity index (χ0n) is 12.2. The van der Waals surface area contributed by atoms with Gasteiger partial charge in [0.1, 0.15) is 0 Å². The number of carbonyl (C=O) groups excluding carboxylic acids is 1.